The van der Waals surface area contributed by atoms with Gasteiger partial charge in [0, 0.05) is 23.2 Å². The summed E-state index contributed by atoms with van der Waals surface area (Å²) in [5.41, 5.74) is 3.85. The Bertz CT molecular complexity index is 994. The number of carbonyl (C=O) groups is 1. The first-order valence-electron chi connectivity index (χ1n) is 8.80. The fourth-order valence-electron chi connectivity index (χ4n) is 2.73. The lowest BCUT2D eigenvalue weighted by Crippen LogP contribution is -2.34. The number of nitrogens with one attached hydrogen (secondary N) is 2. The molecule has 1 heterocycles. The molecule has 0 aliphatic carbocycles. The maximum atomic E-state index is 12.0. The van der Waals surface area contributed by atoms with Gasteiger partial charge < -0.3 is 15.7 Å². The van der Waals surface area contributed by atoms with Crippen molar-refractivity contribution in [3.63, 3.8) is 0 Å². The van der Waals surface area contributed by atoms with E-state index in [9.17, 15) is 9.90 Å². The second-order valence-electron chi connectivity index (χ2n) is 6.20. The number of nitrogens with zero attached hydrogens (tertiary/aromatic N) is 1. The van der Waals surface area contributed by atoms with Gasteiger partial charge in [-0.05, 0) is 42.2 Å². The fourth-order valence-corrected chi connectivity index (χ4v) is 2.73. The molecule has 3 aromatic rings. The van der Waals surface area contributed by atoms with Gasteiger partial charge in [0.1, 0.15) is 5.69 Å². The predicted molar refractivity (Wildman–Crippen MR) is 108 cm³/mol. The van der Waals surface area contributed by atoms with Crippen LogP contribution in [-0.4, -0.2) is 28.8 Å². The smallest absolute Gasteiger partial charge is 0.319 e. The molecule has 3 N–H and O–H groups in total. The van der Waals surface area contributed by atoms with Crippen molar-refractivity contribution in [2.45, 2.75) is 19.4 Å². The molecular weight excluding hydrogens is 338 g/mol. The van der Waals surface area contributed by atoms with Crippen LogP contribution in [0.2, 0.25) is 0 Å². The molecule has 1 atom stereocenters. The predicted octanol–water partition coefficient (Wildman–Crippen LogP) is 3.78. The highest BCUT2D eigenvalue weighted by atomic mass is 16.3. The summed E-state index contributed by atoms with van der Waals surface area (Å²) in [5, 5.41) is 15.8. The summed E-state index contributed by atoms with van der Waals surface area (Å²) < 4.78 is 0. The van der Waals surface area contributed by atoms with Gasteiger partial charge in [-0.3, -0.25) is 0 Å². The number of carbonyl (C=O) groups excluding carboxylic acids is 1. The Kier molecular flexibility index (Phi) is 5.70. The second kappa shape index (κ2) is 8.35. The molecule has 3 rings (SSSR count). The molecule has 0 saturated heterocycles. The van der Waals surface area contributed by atoms with Gasteiger partial charge in [0.25, 0.3) is 0 Å². The van der Waals surface area contributed by atoms with Crippen molar-refractivity contribution in [2.24, 2.45) is 0 Å². The number of benzene rings is 2. The Balaban J connectivity index is 1.88. The number of amides is 2. The zero-order valence-corrected chi connectivity index (χ0v) is 15.1. The van der Waals surface area contributed by atoms with E-state index in [-0.39, 0.29) is 12.6 Å². The lowest BCUT2D eigenvalue weighted by Gasteiger charge is -2.12. The SMILES string of the molecule is C#Cc1nc2ccc(NC(=O)NCC(O)CC)cc2cc1-c1ccccc1. The minimum absolute atomic E-state index is 0.209. The zero-order chi connectivity index (χ0) is 19.2. The molecule has 1 unspecified atom stereocenters. The van der Waals surface area contributed by atoms with Gasteiger partial charge in [-0.2, -0.15) is 0 Å². The highest BCUT2D eigenvalue weighted by molar-refractivity contribution is 5.94. The number of fused-ring (bicyclic) bond motifs is 1. The van der Waals surface area contributed by atoms with E-state index in [1.165, 1.54) is 0 Å². The largest absolute Gasteiger partial charge is 0.391 e. The van der Waals surface area contributed by atoms with Crippen LogP contribution in [0.4, 0.5) is 10.5 Å². The molecule has 2 aromatic carbocycles. The minimum atomic E-state index is -0.549. The molecule has 0 saturated carbocycles. The number of terminal acetylenes is 1. The maximum absolute atomic E-state index is 12.0. The second-order valence-corrected chi connectivity index (χ2v) is 6.20. The van der Waals surface area contributed by atoms with Gasteiger partial charge >= 0.3 is 6.03 Å². The number of anilines is 1. The third-order valence-corrected chi connectivity index (χ3v) is 4.26. The quantitative estimate of drug-likeness (QED) is 0.607. The van der Waals surface area contributed by atoms with Crippen molar-refractivity contribution in [1.29, 1.82) is 0 Å². The molecule has 136 valence electrons. The van der Waals surface area contributed by atoms with Crippen molar-refractivity contribution in [3.05, 3.63) is 60.3 Å². The molecule has 27 heavy (non-hydrogen) atoms. The summed E-state index contributed by atoms with van der Waals surface area (Å²) in [7, 11) is 0. The van der Waals surface area contributed by atoms with Crippen LogP contribution in [0.3, 0.4) is 0 Å². The molecule has 5 heteroatoms. The number of pyridine rings is 1. The monoisotopic (exact) mass is 359 g/mol. The maximum Gasteiger partial charge on any atom is 0.319 e. The van der Waals surface area contributed by atoms with E-state index in [0.717, 1.165) is 22.0 Å². The normalized spacial score (nSPS) is 11.6. The van der Waals surface area contributed by atoms with Gasteiger partial charge in [-0.15, -0.1) is 6.42 Å². The van der Waals surface area contributed by atoms with Crippen LogP contribution < -0.4 is 10.6 Å². The number of rotatable bonds is 5. The standard InChI is InChI=1S/C22H21N3O2/c1-3-18(26)14-23-22(27)24-17-10-11-21-16(12-17)13-19(20(4-2)25-21)15-8-6-5-7-9-15/h2,5-13,18,26H,3,14H2,1H3,(H2,23,24,27). The molecular formula is C22H21N3O2. The van der Waals surface area contributed by atoms with Crippen molar-refractivity contribution < 1.29 is 9.90 Å². The molecule has 5 nitrogen and oxygen atoms in total. The van der Waals surface area contributed by atoms with Crippen LogP contribution in [0.5, 0.6) is 0 Å². The van der Waals surface area contributed by atoms with Crippen LogP contribution in [-0.2, 0) is 0 Å². The summed E-state index contributed by atoms with van der Waals surface area (Å²) in [6, 6.07) is 16.9. The Morgan fingerprint density at radius 3 is 2.70 bits per heavy atom. The van der Waals surface area contributed by atoms with Gasteiger partial charge in [-0.25, -0.2) is 9.78 Å². The molecule has 2 amide bonds. The van der Waals surface area contributed by atoms with Gasteiger partial charge in [0.2, 0.25) is 0 Å². The summed E-state index contributed by atoms with van der Waals surface area (Å²) in [6.45, 7) is 2.07. The van der Waals surface area contributed by atoms with Crippen molar-refractivity contribution >= 4 is 22.6 Å². The summed E-state index contributed by atoms with van der Waals surface area (Å²) in [4.78, 5) is 16.5. The third kappa shape index (κ3) is 4.43. The van der Waals surface area contributed by atoms with Crippen LogP contribution in [0.15, 0.2) is 54.6 Å². The number of aromatic nitrogens is 1. The molecule has 0 bridgehead atoms. The summed E-state index contributed by atoms with van der Waals surface area (Å²) in [5.74, 6) is 2.65. The topological polar surface area (TPSA) is 74.2 Å². The Morgan fingerprint density at radius 1 is 1.22 bits per heavy atom. The highest BCUT2D eigenvalue weighted by Crippen LogP contribution is 2.27. The van der Waals surface area contributed by atoms with Crippen LogP contribution in [0.25, 0.3) is 22.0 Å². The van der Waals surface area contributed by atoms with Crippen LogP contribution >= 0.6 is 0 Å². The van der Waals surface area contributed by atoms with E-state index >= 15 is 0 Å². The van der Waals surface area contributed by atoms with E-state index < -0.39 is 6.10 Å². The molecule has 0 spiro atoms. The molecule has 0 fully saturated rings. The van der Waals surface area contributed by atoms with Crippen molar-refractivity contribution in [3.8, 4) is 23.5 Å². The van der Waals surface area contributed by atoms with Gasteiger partial charge in [-0.1, -0.05) is 37.3 Å². The van der Waals surface area contributed by atoms with Crippen molar-refractivity contribution in [2.75, 3.05) is 11.9 Å². The average Bonchev–Trinajstić information content (AvgIpc) is 2.71. The van der Waals surface area contributed by atoms with E-state index in [4.69, 9.17) is 6.42 Å². The number of aliphatic hydroxyl groups excluding tert-OH is 1. The van der Waals surface area contributed by atoms with Crippen LogP contribution in [0.1, 0.15) is 19.0 Å². The highest BCUT2D eigenvalue weighted by Gasteiger charge is 2.09. The fraction of sp³-hybridized carbons (Fsp3) is 0.182. The van der Waals surface area contributed by atoms with E-state index in [1.54, 1.807) is 6.07 Å². The van der Waals surface area contributed by atoms with Crippen LogP contribution in [0, 0.1) is 12.3 Å². The number of aliphatic hydroxyl groups is 1. The van der Waals surface area contributed by atoms with E-state index in [2.05, 4.69) is 21.5 Å². The minimum Gasteiger partial charge on any atom is -0.391 e. The Labute approximate surface area is 158 Å². The molecule has 0 aliphatic rings. The average molecular weight is 359 g/mol. The van der Waals surface area contributed by atoms with Gasteiger partial charge in [0.15, 0.2) is 0 Å². The summed E-state index contributed by atoms with van der Waals surface area (Å²) in [6.07, 6.45) is 5.68. The Hall–Kier alpha value is -3.36. The molecule has 0 aliphatic heterocycles. The first kappa shape index (κ1) is 18.4. The first-order valence-corrected chi connectivity index (χ1v) is 8.80. The lowest BCUT2D eigenvalue weighted by atomic mass is 10.0. The zero-order valence-electron chi connectivity index (χ0n) is 15.1. The van der Waals surface area contributed by atoms with E-state index in [0.29, 0.717) is 17.8 Å². The number of hydrogen-bond donors (Lipinski definition) is 3. The number of hydrogen-bond acceptors (Lipinski definition) is 3. The van der Waals surface area contributed by atoms with E-state index in [1.807, 2.05) is 55.5 Å². The third-order valence-electron chi connectivity index (χ3n) is 4.26. The van der Waals surface area contributed by atoms with Crippen molar-refractivity contribution in [1.82, 2.24) is 10.3 Å². The summed E-state index contributed by atoms with van der Waals surface area (Å²) >= 11 is 0. The van der Waals surface area contributed by atoms with Gasteiger partial charge in [0.05, 0.1) is 11.6 Å². The molecule has 1 aromatic heterocycles. The first-order chi connectivity index (χ1) is 13.1. The number of urea groups is 1. The lowest BCUT2D eigenvalue weighted by molar-refractivity contribution is 0.168. The Morgan fingerprint density at radius 2 is 2.00 bits per heavy atom. The molecule has 0 radical (unpaired) electrons.